The molecule has 0 aliphatic carbocycles. The Labute approximate surface area is 109 Å². The van der Waals surface area contributed by atoms with Gasteiger partial charge < -0.3 is 10.4 Å². The van der Waals surface area contributed by atoms with Crippen LogP contribution in [0.4, 0.5) is 5.69 Å². The second kappa shape index (κ2) is 4.99. The zero-order valence-electron chi connectivity index (χ0n) is 11.3. The molecule has 18 heavy (non-hydrogen) atoms. The fraction of sp³-hybridized carbons (Fsp3) is 0.375. The van der Waals surface area contributed by atoms with Gasteiger partial charge in [0.15, 0.2) is 0 Å². The van der Waals surface area contributed by atoms with Gasteiger partial charge in [-0.3, -0.25) is 0 Å². The smallest absolute Gasteiger partial charge is 0.0813 e. The number of hydrogen-bond acceptors (Lipinski definition) is 2. The van der Waals surface area contributed by atoms with Crippen LogP contribution in [0.3, 0.4) is 0 Å². The monoisotopic (exact) mass is 243 g/mol. The summed E-state index contributed by atoms with van der Waals surface area (Å²) < 4.78 is 0. The van der Waals surface area contributed by atoms with Crippen molar-refractivity contribution in [3.05, 3.63) is 42.5 Å². The molecule has 0 aliphatic rings. The zero-order chi connectivity index (χ0) is 13.2. The molecular weight excluding hydrogens is 222 g/mol. The van der Waals surface area contributed by atoms with E-state index in [-0.39, 0.29) is 5.92 Å². The molecule has 0 radical (unpaired) electrons. The molecule has 2 rings (SSSR count). The SMILES string of the molecule is CC(C)C(C)(O)CNc1cccc2ccccc12. The van der Waals surface area contributed by atoms with Gasteiger partial charge in [-0.15, -0.1) is 0 Å². The lowest BCUT2D eigenvalue weighted by molar-refractivity contribution is 0.0266. The third kappa shape index (κ3) is 2.65. The van der Waals surface area contributed by atoms with Crippen molar-refractivity contribution >= 4 is 16.5 Å². The summed E-state index contributed by atoms with van der Waals surface area (Å²) in [4.78, 5) is 0. The van der Waals surface area contributed by atoms with Crippen molar-refractivity contribution in [2.24, 2.45) is 5.92 Å². The van der Waals surface area contributed by atoms with E-state index >= 15 is 0 Å². The van der Waals surface area contributed by atoms with Crippen molar-refractivity contribution in [2.45, 2.75) is 26.4 Å². The Kier molecular flexibility index (Phi) is 3.58. The summed E-state index contributed by atoms with van der Waals surface area (Å²) in [6.45, 7) is 6.49. The Hall–Kier alpha value is -1.54. The number of benzene rings is 2. The van der Waals surface area contributed by atoms with Crippen LogP contribution in [0.15, 0.2) is 42.5 Å². The lowest BCUT2D eigenvalue weighted by Gasteiger charge is -2.28. The van der Waals surface area contributed by atoms with Crippen molar-refractivity contribution in [1.82, 2.24) is 0 Å². The predicted octanol–water partition coefficient (Wildman–Crippen LogP) is 3.66. The van der Waals surface area contributed by atoms with E-state index in [9.17, 15) is 5.11 Å². The van der Waals surface area contributed by atoms with E-state index in [4.69, 9.17) is 0 Å². The maximum atomic E-state index is 10.3. The zero-order valence-corrected chi connectivity index (χ0v) is 11.3. The van der Waals surface area contributed by atoms with Crippen LogP contribution in [0.1, 0.15) is 20.8 Å². The maximum Gasteiger partial charge on any atom is 0.0813 e. The molecule has 0 aliphatic heterocycles. The number of hydrogen-bond donors (Lipinski definition) is 2. The van der Waals surface area contributed by atoms with Crippen LogP contribution >= 0.6 is 0 Å². The van der Waals surface area contributed by atoms with E-state index < -0.39 is 5.60 Å². The lowest BCUT2D eigenvalue weighted by Crippen LogP contribution is -2.38. The lowest BCUT2D eigenvalue weighted by atomic mass is 9.92. The highest BCUT2D eigenvalue weighted by atomic mass is 16.3. The van der Waals surface area contributed by atoms with Crippen LogP contribution in [-0.2, 0) is 0 Å². The second-order valence-electron chi connectivity index (χ2n) is 5.39. The highest BCUT2D eigenvalue weighted by Gasteiger charge is 2.24. The van der Waals surface area contributed by atoms with Gasteiger partial charge in [-0.2, -0.15) is 0 Å². The summed E-state index contributed by atoms with van der Waals surface area (Å²) in [5.74, 6) is 0.222. The van der Waals surface area contributed by atoms with E-state index in [1.165, 1.54) is 10.8 Å². The van der Waals surface area contributed by atoms with Crippen LogP contribution in [0.2, 0.25) is 0 Å². The molecule has 0 fully saturated rings. The first-order valence-corrected chi connectivity index (χ1v) is 6.45. The van der Waals surface area contributed by atoms with E-state index in [0.717, 1.165) is 5.69 Å². The van der Waals surface area contributed by atoms with E-state index in [2.05, 4.69) is 29.6 Å². The molecule has 0 saturated heterocycles. The van der Waals surface area contributed by atoms with Crippen molar-refractivity contribution in [1.29, 1.82) is 0 Å². The molecule has 0 heterocycles. The van der Waals surface area contributed by atoms with Crippen LogP contribution in [-0.4, -0.2) is 17.3 Å². The summed E-state index contributed by atoms with van der Waals surface area (Å²) >= 11 is 0. The first-order chi connectivity index (χ1) is 8.50. The fourth-order valence-corrected chi connectivity index (χ4v) is 1.86. The van der Waals surface area contributed by atoms with E-state index in [1.54, 1.807) is 0 Å². The molecule has 0 aromatic heterocycles. The average molecular weight is 243 g/mol. The van der Waals surface area contributed by atoms with Crippen LogP contribution in [0, 0.1) is 5.92 Å². The van der Waals surface area contributed by atoms with Crippen molar-refractivity contribution in [3.8, 4) is 0 Å². The maximum absolute atomic E-state index is 10.3. The third-order valence-corrected chi connectivity index (χ3v) is 3.67. The molecule has 2 aromatic carbocycles. The summed E-state index contributed by atoms with van der Waals surface area (Å²) in [7, 11) is 0. The molecular formula is C16H21NO. The van der Waals surface area contributed by atoms with Gasteiger partial charge in [0, 0.05) is 17.6 Å². The van der Waals surface area contributed by atoms with Gasteiger partial charge >= 0.3 is 0 Å². The van der Waals surface area contributed by atoms with Crippen molar-refractivity contribution in [3.63, 3.8) is 0 Å². The molecule has 2 N–H and O–H groups in total. The van der Waals surface area contributed by atoms with Crippen LogP contribution in [0.25, 0.3) is 10.8 Å². The van der Waals surface area contributed by atoms with Crippen molar-refractivity contribution in [2.75, 3.05) is 11.9 Å². The number of fused-ring (bicyclic) bond motifs is 1. The van der Waals surface area contributed by atoms with Crippen molar-refractivity contribution < 1.29 is 5.11 Å². The van der Waals surface area contributed by atoms with Gasteiger partial charge in [-0.05, 0) is 24.3 Å². The molecule has 96 valence electrons. The molecule has 2 heteroatoms. The number of nitrogens with one attached hydrogen (secondary N) is 1. The minimum Gasteiger partial charge on any atom is -0.388 e. The summed E-state index contributed by atoms with van der Waals surface area (Å²) in [6.07, 6.45) is 0. The Morgan fingerprint density at radius 1 is 1.11 bits per heavy atom. The van der Waals surface area contributed by atoms with Crippen LogP contribution < -0.4 is 5.32 Å². The molecule has 0 spiro atoms. The predicted molar refractivity (Wildman–Crippen MR) is 77.9 cm³/mol. The molecule has 0 saturated carbocycles. The number of rotatable bonds is 4. The minimum atomic E-state index is -0.697. The van der Waals surface area contributed by atoms with Gasteiger partial charge in [-0.25, -0.2) is 0 Å². The minimum absolute atomic E-state index is 0.222. The molecule has 0 amide bonds. The van der Waals surface area contributed by atoms with Gasteiger partial charge in [0.25, 0.3) is 0 Å². The third-order valence-electron chi connectivity index (χ3n) is 3.67. The number of aliphatic hydroxyl groups is 1. The Bertz CT molecular complexity index is 526. The summed E-state index contributed by atoms with van der Waals surface area (Å²) in [6, 6.07) is 14.5. The van der Waals surface area contributed by atoms with E-state index in [0.29, 0.717) is 6.54 Å². The second-order valence-corrected chi connectivity index (χ2v) is 5.39. The molecule has 2 aromatic rings. The largest absolute Gasteiger partial charge is 0.388 e. The first-order valence-electron chi connectivity index (χ1n) is 6.45. The molecule has 0 bridgehead atoms. The van der Waals surface area contributed by atoms with Gasteiger partial charge in [-0.1, -0.05) is 50.2 Å². The highest BCUT2D eigenvalue weighted by Crippen LogP contribution is 2.24. The molecule has 2 nitrogen and oxygen atoms in total. The quantitative estimate of drug-likeness (QED) is 0.859. The van der Waals surface area contributed by atoms with Gasteiger partial charge in [0.1, 0.15) is 0 Å². The molecule has 1 unspecified atom stereocenters. The highest BCUT2D eigenvalue weighted by molar-refractivity contribution is 5.93. The van der Waals surface area contributed by atoms with Crippen LogP contribution in [0.5, 0.6) is 0 Å². The van der Waals surface area contributed by atoms with Gasteiger partial charge in [0.05, 0.1) is 5.60 Å². The Morgan fingerprint density at radius 3 is 2.50 bits per heavy atom. The summed E-state index contributed by atoms with van der Waals surface area (Å²) in [5, 5.41) is 16.0. The van der Waals surface area contributed by atoms with Gasteiger partial charge in [0.2, 0.25) is 0 Å². The molecule has 1 atom stereocenters. The average Bonchev–Trinajstić information content (AvgIpc) is 2.36. The Morgan fingerprint density at radius 2 is 1.78 bits per heavy atom. The topological polar surface area (TPSA) is 32.3 Å². The first kappa shape index (κ1) is 12.9. The Balaban J connectivity index is 2.22. The van der Waals surface area contributed by atoms with E-state index in [1.807, 2.05) is 39.0 Å². The fourth-order valence-electron chi connectivity index (χ4n) is 1.86. The standard InChI is InChI=1S/C16H21NO/c1-12(2)16(3,18)11-17-15-10-6-8-13-7-4-5-9-14(13)15/h4-10,12,17-18H,11H2,1-3H3. The summed E-state index contributed by atoms with van der Waals surface area (Å²) in [5.41, 5.74) is 0.380. The number of anilines is 1. The normalized spacial score (nSPS) is 14.7.